The number of aryl methyl sites for hydroxylation is 1. The van der Waals surface area contributed by atoms with E-state index in [4.69, 9.17) is 0 Å². The molecule has 0 aliphatic heterocycles. The van der Waals surface area contributed by atoms with Gasteiger partial charge in [-0.25, -0.2) is 0 Å². The number of hydrogen-bond donors (Lipinski definition) is 2. The summed E-state index contributed by atoms with van der Waals surface area (Å²) in [6.07, 6.45) is 1.52. The Labute approximate surface area is 143 Å². The molecule has 0 bridgehead atoms. The van der Waals surface area contributed by atoms with E-state index in [0.29, 0.717) is 14.7 Å². The number of benzene rings is 1. The molecular weight excluding hydrogens is 377 g/mol. The number of rotatable bonds is 4. The van der Waals surface area contributed by atoms with E-state index in [-0.39, 0.29) is 26.3 Å². The third-order valence-corrected chi connectivity index (χ3v) is 5.60. The molecule has 0 spiro atoms. The maximum atomic E-state index is 12.2. The van der Waals surface area contributed by atoms with Gasteiger partial charge in [0.2, 0.25) is 0 Å². The summed E-state index contributed by atoms with van der Waals surface area (Å²) >= 11 is 1.15. The Morgan fingerprint density at radius 3 is 2.78 bits per heavy atom. The molecule has 0 aliphatic rings. The summed E-state index contributed by atoms with van der Waals surface area (Å²) in [6, 6.07) is 9.35. The van der Waals surface area contributed by atoms with Crippen molar-refractivity contribution in [3.63, 3.8) is 0 Å². The monoisotopic (exact) mass is 391 g/mol. The van der Waals surface area contributed by atoms with Gasteiger partial charge in [0.1, 0.15) is 0 Å². The molecule has 2 aromatic heterocycles. The first-order valence-electron chi connectivity index (χ1n) is 6.79. The van der Waals surface area contributed by atoms with Gasteiger partial charge in [0.15, 0.2) is 0 Å². The zero-order chi connectivity index (χ0) is 16.2. The molecule has 0 radical (unpaired) electrons. The van der Waals surface area contributed by atoms with Crippen molar-refractivity contribution in [3.05, 3.63) is 62.9 Å². The molecule has 0 saturated heterocycles. The average molecular weight is 390 g/mol. The van der Waals surface area contributed by atoms with Crippen molar-refractivity contribution in [2.45, 2.75) is 6.92 Å². The van der Waals surface area contributed by atoms with Crippen molar-refractivity contribution in [3.8, 4) is 0 Å². The summed E-state index contributed by atoms with van der Waals surface area (Å²) in [4.78, 5) is 28.3. The molecule has 7 heteroatoms. The second-order valence-electron chi connectivity index (χ2n) is 4.82. The van der Waals surface area contributed by atoms with Gasteiger partial charge in [-0.15, -0.1) is 0 Å². The van der Waals surface area contributed by atoms with E-state index < -0.39 is 0 Å². The number of amides is 2. The van der Waals surface area contributed by atoms with Gasteiger partial charge in [0.25, 0.3) is 0 Å². The molecule has 0 unspecified atom stereocenters. The summed E-state index contributed by atoms with van der Waals surface area (Å²) in [5.41, 5.74) is 2.43. The van der Waals surface area contributed by atoms with Crippen molar-refractivity contribution in [2.24, 2.45) is 0 Å². The summed E-state index contributed by atoms with van der Waals surface area (Å²) in [5.74, 6) is -0.375. The third kappa shape index (κ3) is 3.96. The van der Waals surface area contributed by atoms with Gasteiger partial charge in [-0.05, 0) is 0 Å². The van der Waals surface area contributed by atoms with Gasteiger partial charge in [-0.1, -0.05) is 0 Å². The van der Waals surface area contributed by atoms with Gasteiger partial charge in [-0.3, -0.25) is 0 Å². The van der Waals surface area contributed by atoms with Gasteiger partial charge in [-0.2, -0.15) is 0 Å². The zero-order valence-electron chi connectivity index (χ0n) is 12.2. The van der Waals surface area contributed by atoms with Crippen LogP contribution in [0.5, 0.6) is 0 Å². The van der Waals surface area contributed by atoms with Gasteiger partial charge in [0, 0.05) is 0 Å². The van der Waals surface area contributed by atoms with Crippen molar-refractivity contribution in [2.75, 3.05) is 10.6 Å². The van der Waals surface area contributed by atoms with Crippen LogP contribution in [0.15, 0.2) is 47.3 Å². The fraction of sp³-hybridized carbons (Fsp3) is 0.0625. The van der Waals surface area contributed by atoms with Crippen LogP contribution in [0.2, 0.25) is 0 Å². The van der Waals surface area contributed by atoms with Crippen molar-refractivity contribution >= 4 is 48.0 Å². The van der Waals surface area contributed by atoms with E-state index in [1.807, 2.05) is 36.6 Å². The van der Waals surface area contributed by atoms with Crippen molar-refractivity contribution in [1.29, 1.82) is 0 Å². The predicted molar refractivity (Wildman–Crippen MR) is 92.6 cm³/mol. The summed E-state index contributed by atoms with van der Waals surface area (Å²) in [6.45, 7) is 1.97. The van der Waals surface area contributed by atoms with E-state index in [1.54, 1.807) is 11.4 Å². The molecule has 23 heavy (non-hydrogen) atoms. The van der Waals surface area contributed by atoms with Crippen LogP contribution < -0.4 is 10.6 Å². The minimum absolute atomic E-state index is 0.181. The van der Waals surface area contributed by atoms with Crippen LogP contribution in [0.25, 0.3) is 0 Å². The third-order valence-electron chi connectivity index (χ3n) is 3.01. The van der Waals surface area contributed by atoms with Gasteiger partial charge >= 0.3 is 143 Å². The molecule has 0 saturated carbocycles. The maximum absolute atomic E-state index is 12.2. The van der Waals surface area contributed by atoms with Crippen molar-refractivity contribution < 1.29 is 9.59 Å². The molecule has 2 N–H and O–H groups in total. The summed E-state index contributed by atoms with van der Waals surface area (Å²) < 4.78 is 1.13. The topological polar surface area (TPSA) is 71.1 Å². The predicted octanol–water partition coefficient (Wildman–Crippen LogP) is 3.01. The number of aromatic nitrogens is 1. The minimum atomic E-state index is -0.306. The number of nitrogens with zero attached hydrogens (tertiary/aromatic N) is 1. The first kappa shape index (κ1) is 15.7. The van der Waals surface area contributed by atoms with Crippen LogP contribution >= 0.6 is 11.3 Å². The van der Waals surface area contributed by atoms with E-state index >= 15 is 0 Å². The molecule has 3 aromatic rings. The van der Waals surface area contributed by atoms with E-state index in [9.17, 15) is 9.59 Å². The second kappa shape index (κ2) is 6.91. The molecular formula is C16H13N3O2SSe. The Bertz CT molecular complexity index is 843. The fourth-order valence-corrected chi connectivity index (χ4v) is 4.03. The van der Waals surface area contributed by atoms with Gasteiger partial charge in [0.05, 0.1) is 0 Å². The normalized spacial score (nSPS) is 10.3. The Morgan fingerprint density at radius 1 is 1.17 bits per heavy atom. The SMILES string of the molecule is Cc1cccc(NC(=O)c2cnc(NC(=O)c3ccsc3)[se]2)c1. The number of nitrogens with one attached hydrogen (secondary N) is 2. The Kier molecular flexibility index (Phi) is 4.71. The van der Waals surface area contributed by atoms with E-state index in [1.165, 1.54) is 17.5 Å². The second-order valence-corrected chi connectivity index (χ2v) is 7.76. The Balaban J connectivity index is 1.66. The molecule has 2 heterocycles. The fourth-order valence-electron chi connectivity index (χ4n) is 1.92. The molecule has 3 rings (SSSR count). The first-order valence-corrected chi connectivity index (χ1v) is 9.45. The van der Waals surface area contributed by atoms with Crippen LogP contribution in [-0.2, 0) is 0 Å². The zero-order valence-corrected chi connectivity index (χ0v) is 14.7. The standard InChI is InChI=1S/C16H13N3O2SSe/c1-10-3-2-4-12(7-10)18-15(21)13-8-17-16(23-13)19-14(20)11-5-6-22-9-11/h2-9H,1H3,(H,18,21)(H,17,19,20). The number of carbonyl (C=O) groups is 2. The van der Waals surface area contributed by atoms with Crippen LogP contribution in [0.3, 0.4) is 0 Å². The van der Waals surface area contributed by atoms with Crippen LogP contribution in [0.1, 0.15) is 25.2 Å². The van der Waals surface area contributed by atoms with Crippen LogP contribution in [-0.4, -0.2) is 31.3 Å². The number of carbonyl (C=O) groups excluding carboxylic acids is 2. The van der Waals surface area contributed by atoms with Crippen LogP contribution in [0, 0.1) is 6.92 Å². The summed E-state index contributed by atoms with van der Waals surface area (Å²) in [7, 11) is 0. The molecule has 1 aromatic carbocycles. The first-order chi connectivity index (χ1) is 11.1. The summed E-state index contributed by atoms with van der Waals surface area (Å²) in [5, 5.41) is 9.22. The molecule has 0 atom stereocenters. The van der Waals surface area contributed by atoms with E-state index in [0.717, 1.165) is 11.3 Å². The molecule has 2 amide bonds. The average Bonchev–Trinajstić information content (AvgIpc) is 3.18. The Hall–Kier alpha value is -2.21. The number of anilines is 2. The van der Waals surface area contributed by atoms with E-state index in [2.05, 4.69) is 15.6 Å². The molecule has 0 aliphatic carbocycles. The number of hydrogen-bond acceptors (Lipinski definition) is 4. The Morgan fingerprint density at radius 2 is 2.04 bits per heavy atom. The molecule has 0 fully saturated rings. The van der Waals surface area contributed by atoms with Crippen molar-refractivity contribution in [1.82, 2.24) is 4.98 Å². The quantitative estimate of drug-likeness (QED) is 0.673. The molecule has 5 nitrogen and oxygen atoms in total. The molecule has 116 valence electrons. The van der Waals surface area contributed by atoms with Gasteiger partial charge < -0.3 is 0 Å². The van der Waals surface area contributed by atoms with Crippen LogP contribution in [0.4, 0.5) is 10.4 Å². The number of thiophene rings is 1.